The van der Waals surface area contributed by atoms with Gasteiger partial charge in [-0.15, -0.1) is 0 Å². The maximum atomic E-state index is 6.28. The maximum Gasteiger partial charge on any atom is 0.130 e. The highest BCUT2D eigenvalue weighted by Crippen LogP contribution is 2.21. The highest BCUT2D eigenvalue weighted by molar-refractivity contribution is 6.30. The molecule has 2 aromatic rings. The van der Waals surface area contributed by atoms with Crippen LogP contribution in [0, 0.1) is 6.92 Å². The number of nitrogens with one attached hydrogen (secondary N) is 1. The minimum atomic E-state index is 0.217. The predicted molar refractivity (Wildman–Crippen MR) is 87.2 cm³/mol. The van der Waals surface area contributed by atoms with Crippen molar-refractivity contribution in [3.05, 3.63) is 52.3 Å². The third-order valence-electron chi connectivity index (χ3n) is 3.82. The van der Waals surface area contributed by atoms with Gasteiger partial charge in [0.05, 0.1) is 5.69 Å². The first kappa shape index (κ1) is 16.0. The largest absolute Gasteiger partial charge is 0.271 e. The highest BCUT2D eigenvalue weighted by Gasteiger charge is 2.16. The number of nitrogens with zero attached hydrogens (tertiary/aromatic N) is 2. The average molecular weight is 307 g/mol. The quantitative estimate of drug-likeness (QED) is 0.611. The molecule has 5 heteroatoms. The van der Waals surface area contributed by atoms with Crippen LogP contribution in [0.3, 0.4) is 0 Å². The number of benzene rings is 1. The second-order valence-electron chi connectivity index (χ2n) is 5.42. The van der Waals surface area contributed by atoms with E-state index < -0.39 is 0 Å². The van der Waals surface area contributed by atoms with Crippen molar-refractivity contribution in [2.45, 2.75) is 38.6 Å². The van der Waals surface area contributed by atoms with Gasteiger partial charge in [0, 0.05) is 18.7 Å². The molecule has 3 N–H and O–H groups in total. The molecule has 2 rings (SSSR count). The SMILES string of the molecule is Cc1nn(C)c(Cl)c1CC(CCCc1ccccc1)NN. The Morgan fingerprint density at radius 3 is 2.62 bits per heavy atom. The highest BCUT2D eigenvalue weighted by atomic mass is 35.5. The van der Waals surface area contributed by atoms with Crippen molar-refractivity contribution in [2.24, 2.45) is 12.9 Å². The smallest absolute Gasteiger partial charge is 0.130 e. The molecule has 21 heavy (non-hydrogen) atoms. The second-order valence-corrected chi connectivity index (χ2v) is 5.78. The summed E-state index contributed by atoms with van der Waals surface area (Å²) in [4.78, 5) is 0. The summed E-state index contributed by atoms with van der Waals surface area (Å²) in [6.45, 7) is 1.98. The molecule has 0 saturated carbocycles. The zero-order valence-electron chi connectivity index (χ0n) is 12.6. The molecule has 1 aromatic carbocycles. The van der Waals surface area contributed by atoms with Crippen molar-refractivity contribution in [2.75, 3.05) is 0 Å². The van der Waals surface area contributed by atoms with Crippen LogP contribution >= 0.6 is 11.6 Å². The fraction of sp³-hybridized carbons (Fsp3) is 0.438. The van der Waals surface area contributed by atoms with E-state index in [0.29, 0.717) is 5.15 Å². The average Bonchev–Trinajstić information content (AvgIpc) is 2.73. The summed E-state index contributed by atoms with van der Waals surface area (Å²) in [5.74, 6) is 5.69. The first-order valence-electron chi connectivity index (χ1n) is 7.30. The van der Waals surface area contributed by atoms with Crippen LogP contribution < -0.4 is 11.3 Å². The lowest BCUT2D eigenvalue weighted by atomic mass is 10.00. The van der Waals surface area contributed by atoms with Gasteiger partial charge in [-0.3, -0.25) is 16.0 Å². The van der Waals surface area contributed by atoms with E-state index >= 15 is 0 Å². The van der Waals surface area contributed by atoms with Gasteiger partial charge >= 0.3 is 0 Å². The van der Waals surface area contributed by atoms with Crippen molar-refractivity contribution < 1.29 is 0 Å². The van der Waals surface area contributed by atoms with Gasteiger partial charge in [-0.2, -0.15) is 5.10 Å². The lowest BCUT2D eigenvalue weighted by Gasteiger charge is -2.15. The monoisotopic (exact) mass is 306 g/mol. The van der Waals surface area contributed by atoms with Crippen LogP contribution in [-0.4, -0.2) is 15.8 Å². The van der Waals surface area contributed by atoms with Crippen molar-refractivity contribution >= 4 is 11.6 Å². The maximum absolute atomic E-state index is 6.28. The second kappa shape index (κ2) is 7.59. The van der Waals surface area contributed by atoms with Gasteiger partial charge in [0.1, 0.15) is 5.15 Å². The van der Waals surface area contributed by atoms with Gasteiger partial charge in [-0.25, -0.2) is 0 Å². The van der Waals surface area contributed by atoms with Crippen LogP contribution in [-0.2, 0) is 19.9 Å². The fourth-order valence-electron chi connectivity index (χ4n) is 2.59. The van der Waals surface area contributed by atoms with E-state index in [4.69, 9.17) is 17.4 Å². The van der Waals surface area contributed by atoms with E-state index in [1.54, 1.807) is 4.68 Å². The minimum Gasteiger partial charge on any atom is -0.271 e. The molecule has 0 saturated heterocycles. The molecule has 1 aromatic heterocycles. The van der Waals surface area contributed by atoms with E-state index in [1.165, 1.54) is 5.56 Å². The molecule has 0 aliphatic heterocycles. The number of nitrogens with two attached hydrogens (primary N) is 1. The number of rotatable bonds is 7. The molecule has 0 aliphatic carbocycles. The number of hydrogen-bond acceptors (Lipinski definition) is 3. The topological polar surface area (TPSA) is 55.9 Å². The standard InChI is InChI=1S/C16H23ClN4/c1-12-15(16(17)21(2)20-12)11-14(19-18)10-6-9-13-7-4-3-5-8-13/h3-5,7-8,14,19H,6,9-11,18H2,1-2H3. The number of hydrogen-bond donors (Lipinski definition) is 2. The first-order chi connectivity index (χ1) is 10.1. The van der Waals surface area contributed by atoms with Crippen LogP contribution in [0.5, 0.6) is 0 Å². The predicted octanol–water partition coefficient (Wildman–Crippen LogP) is 2.78. The number of hydrazine groups is 1. The van der Waals surface area contributed by atoms with Crippen LogP contribution in [0.25, 0.3) is 0 Å². The number of halogens is 1. The van der Waals surface area contributed by atoms with E-state index in [9.17, 15) is 0 Å². The molecular formula is C16H23ClN4. The summed E-state index contributed by atoms with van der Waals surface area (Å²) in [7, 11) is 1.86. The molecule has 0 fully saturated rings. The van der Waals surface area contributed by atoms with Crippen LogP contribution in [0.15, 0.2) is 30.3 Å². The van der Waals surface area contributed by atoms with Gasteiger partial charge in [0.2, 0.25) is 0 Å². The summed E-state index contributed by atoms with van der Waals surface area (Å²) in [6, 6.07) is 10.7. The van der Waals surface area contributed by atoms with E-state index in [-0.39, 0.29) is 6.04 Å². The zero-order valence-corrected chi connectivity index (χ0v) is 13.4. The van der Waals surface area contributed by atoms with Crippen molar-refractivity contribution in [3.63, 3.8) is 0 Å². The Bertz CT molecular complexity index is 565. The van der Waals surface area contributed by atoms with Gasteiger partial charge in [0.15, 0.2) is 0 Å². The van der Waals surface area contributed by atoms with E-state index in [0.717, 1.165) is 36.9 Å². The van der Waals surface area contributed by atoms with Crippen molar-refractivity contribution in [3.8, 4) is 0 Å². The molecule has 114 valence electrons. The zero-order chi connectivity index (χ0) is 15.2. The molecule has 4 nitrogen and oxygen atoms in total. The molecule has 1 atom stereocenters. The summed E-state index contributed by atoms with van der Waals surface area (Å²) in [5.41, 5.74) is 6.33. The molecule has 0 bridgehead atoms. The summed E-state index contributed by atoms with van der Waals surface area (Å²) in [6.07, 6.45) is 3.98. The Kier molecular flexibility index (Phi) is 5.79. The lowest BCUT2D eigenvalue weighted by Crippen LogP contribution is -2.37. The van der Waals surface area contributed by atoms with E-state index in [2.05, 4.69) is 34.8 Å². The normalized spacial score (nSPS) is 12.6. The Morgan fingerprint density at radius 2 is 2.05 bits per heavy atom. The third kappa shape index (κ3) is 4.30. The van der Waals surface area contributed by atoms with E-state index in [1.807, 2.05) is 20.0 Å². The summed E-state index contributed by atoms with van der Waals surface area (Å²) in [5, 5.41) is 5.05. The minimum absolute atomic E-state index is 0.217. The number of aryl methyl sites for hydroxylation is 3. The Balaban J connectivity index is 1.88. The molecule has 1 heterocycles. The van der Waals surface area contributed by atoms with Crippen LogP contribution in [0.2, 0.25) is 5.15 Å². The Labute approximate surface area is 131 Å². The molecule has 1 unspecified atom stereocenters. The first-order valence-corrected chi connectivity index (χ1v) is 7.67. The molecule has 0 spiro atoms. The molecule has 0 aliphatic rings. The summed E-state index contributed by atoms with van der Waals surface area (Å²) >= 11 is 6.28. The van der Waals surface area contributed by atoms with Crippen molar-refractivity contribution in [1.29, 1.82) is 0 Å². The lowest BCUT2D eigenvalue weighted by molar-refractivity contribution is 0.475. The Morgan fingerprint density at radius 1 is 1.33 bits per heavy atom. The Hall–Kier alpha value is -1.36. The summed E-state index contributed by atoms with van der Waals surface area (Å²) < 4.78 is 1.71. The number of aromatic nitrogens is 2. The van der Waals surface area contributed by atoms with Crippen LogP contribution in [0.1, 0.15) is 29.7 Å². The van der Waals surface area contributed by atoms with Gasteiger partial charge in [0.25, 0.3) is 0 Å². The molecule has 0 radical (unpaired) electrons. The third-order valence-corrected chi connectivity index (χ3v) is 4.29. The fourth-order valence-corrected chi connectivity index (χ4v) is 2.85. The molecule has 0 amide bonds. The van der Waals surface area contributed by atoms with Crippen molar-refractivity contribution in [1.82, 2.24) is 15.2 Å². The van der Waals surface area contributed by atoms with Gasteiger partial charge in [-0.1, -0.05) is 41.9 Å². The van der Waals surface area contributed by atoms with Gasteiger partial charge in [-0.05, 0) is 38.2 Å². The van der Waals surface area contributed by atoms with Gasteiger partial charge < -0.3 is 0 Å². The molecular weight excluding hydrogens is 284 g/mol. The van der Waals surface area contributed by atoms with Crippen LogP contribution in [0.4, 0.5) is 0 Å².